The van der Waals surface area contributed by atoms with Crippen LogP contribution in [0.1, 0.15) is 40.5 Å². The molecule has 0 aromatic rings. The Labute approximate surface area is 129 Å². The maximum absolute atomic E-state index is 11.9. The summed E-state index contributed by atoms with van der Waals surface area (Å²) in [5, 5.41) is 6.93. The predicted molar refractivity (Wildman–Crippen MR) is 86.5 cm³/mol. The van der Waals surface area contributed by atoms with Crippen molar-refractivity contribution < 1.29 is 9.53 Å². The van der Waals surface area contributed by atoms with Crippen LogP contribution < -0.4 is 10.6 Å². The number of carbonyl (C=O) groups is 1. The Kier molecular flexibility index (Phi) is 7.46. The molecule has 5 nitrogen and oxygen atoms in total. The van der Waals surface area contributed by atoms with E-state index in [0.29, 0.717) is 12.5 Å². The largest absolute Gasteiger partial charge is 0.444 e. The van der Waals surface area contributed by atoms with Gasteiger partial charge >= 0.3 is 6.09 Å². The summed E-state index contributed by atoms with van der Waals surface area (Å²) in [6, 6.07) is 0. The minimum absolute atomic E-state index is 0.243. The molecule has 0 spiro atoms. The Hall–Kier alpha value is -0.810. The summed E-state index contributed by atoms with van der Waals surface area (Å²) < 4.78 is 5.36. The van der Waals surface area contributed by atoms with Gasteiger partial charge in [-0.2, -0.15) is 0 Å². The summed E-state index contributed by atoms with van der Waals surface area (Å²) in [7, 11) is 1.80. The summed E-state index contributed by atoms with van der Waals surface area (Å²) in [6.07, 6.45) is 2.28. The SMILES string of the molecule is CC(CNCC1CCNCC1)CN(C)C(=O)OC(C)(C)C. The summed E-state index contributed by atoms with van der Waals surface area (Å²) in [5.74, 6) is 1.21. The Morgan fingerprint density at radius 2 is 2.00 bits per heavy atom. The molecule has 0 bridgehead atoms. The molecule has 0 radical (unpaired) electrons. The summed E-state index contributed by atoms with van der Waals surface area (Å²) in [4.78, 5) is 13.6. The third-order valence-electron chi connectivity index (χ3n) is 3.68. The second-order valence-electron chi connectivity index (χ2n) is 7.32. The van der Waals surface area contributed by atoms with E-state index in [2.05, 4.69) is 17.6 Å². The van der Waals surface area contributed by atoms with Gasteiger partial charge in [0.25, 0.3) is 0 Å². The molecule has 1 unspecified atom stereocenters. The highest BCUT2D eigenvalue weighted by Crippen LogP contribution is 2.11. The van der Waals surface area contributed by atoms with Crippen molar-refractivity contribution in [3.8, 4) is 0 Å². The molecule has 1 atom stereocenters. The molecule has 1 saturated heterocycles. The monoisotopic (exact) mass is 299 g/mol. The molecule has 0 aromatic heterocycles. The molecule has 1 heterocycles. The highest BCUT2D eigenvalue weighted by molar-refractivity contribution is 5.67. The Morgan fingerprint density at radius 1 is 1.38 bits per heavy atom. The van der Waals surface area contributed by atoms with Gasteiger partial charge in [-0.05, 0) is 71.6 Å². The van der Waals surface area contributed by atoms with Crippen LogP contribution in [-0.4, -0.2) is 56.4 Å². The lowest BCUT2D eigenvalue weighted by Gasteiger charge is -2.27. The van der Waals surface area contributed by atoms with E-state index in [4.69, 9.17) is 4.74 Å². The van der Waals surface area contributed by atoms with E-state index < -0.39 is 5.60 Å². The van der Waals surface area contributed by atoms with Gasteiger partial charge in [-0.25, -0.2) is 4.79 Å². The molecule has 0 saturated carbocycles. The maximum atomic E-state index is 11.9. The van der Waals surface area contributed by atoms with Crippen molar-refractivity contribution in [1.82, 2.24) is 15.5 Å². The van der Waals surface area contributed by atoms with Crippen LogP contribution >= 0.6 is 0 Å². The van der Waals surface area contributed by atoms with Gasteiger partial charge in [0.05, 0.1) is 0 Å². The lowest BCUT2D eigenvalue weighted by Crippen LogP contribution is -2.39. The Balaban J connectivity index is 2.16. The fraction of sp³-hybridized carbons (Fsp3) is 0.938. The summed E-state index contributed by atoms with van der Waals surface area (Å²) >= 11 is 0. The van der Waals surface area contributed by atoms with E-state index >= 15 is 0 Å². The third kappa shape index (κ3) is 8.27. The third-order valence-corrected chi connectivity index (χ3v) is 3.68. The zero-order valence-electron chi connectivity index (χ0n) is 14.4. The minimum Gasteiger partial charge on any atom is -0.444 e. The molecule has 0 aliphatic carbocycles. The maximum Gasteiger partial charge on any atom is 0.410 e. The van der Waals surface area contributed by atoms with Crippen LogP contribution in [0.5, 0.6) is 0 Å². The average molecular weight is 299 g/mol. The predicted octanol–water partition coefficient (Wildman–Crippen LogP) is 2.08. The first-order valence-corrected chi connectivity index (χ1v) is 8.13. The van der Waals surface area contributed by atoms with E-state index in [1.54, 1.807) is 11.9 Å². The van der Waals surface area contributed by atoms with Crippen molar-refractivity contribution in [3.63, 3.8) is 0 Å². The van der Waals surface area contributed by atoms with Crippen LogP contribution in [0, 0.1) is 11.8 Å². The van der Waals surface area contributed by atoms with Crippen molar-refractivity contribution in [2.75, 3.05) is 39.8 Å². The highest BCUT2D eigenvalue weighted by atomic mass is 16.6. The molecule has 5 heteroatoms. The number of hydrogen-bond acceptors (Lipinski definition) is 4. The smallest absolute Gasteiger partial charge is 0.410 e. The van der Waals surface area contributed by atoms with Gasteiger partial charge in [-0.1, -0.05) is 6.92 Å². The van der Waals surface area contributed by atoms with Gasteiger partial charge in [0, 0.05) is 13.6 Å². The van der Waals surface area contributed by atoms with E-state index in [1.165, 1.54) is 12.8 Å². The number of carbonyl (C=O) groups excluding carboxylic acids is 1. The number of amides is 1. The minimum atomic E-state index is -0.429. The number of hydrogen-bond donors (Lipinski definition) is 2. The fourth-order valence-electron chi connectivity index (χ4n) is 2.57. The van der Waals surface area contributed by atoms with E-state index in [9.17, 15) is 4.79 Å². The standard InChI is InChI=1S/C16H33N3O2/c1-13(10-18-11-14-6-8-17-9-7-14)12-19(5)15(20)21-16(2,3)4/h13-14,17-18H,6-12H2,1-5H3. The number of nitrogens with zero attached hydrogens (tertiary/aromatic N) is 1. The van der Waals surface area contributed by atoms with Crippen molar-refractivity contribution in [2.45, 2.75) is 46.1 Å². The zero-order valence-corrected chi connectivity index (χ0v) is 14.4. The molecule has 0 aromatic carbocycles. The second kappa shape index (κ2) is 8.59. The molecule has 1 aliphatic rings. The number of nitrogens with one attached hydrogen (secondary N) is 2. The molecule has 1 aliphatic heterocycles. The van der Waals surface area contributed by atoms with E-state index in [1.807, 2.05) is 20.8 Å². The van der Waals surface area contributed by atoms with Crippen LogP contribution in [0.25, 0.3) is 0 Å². The Morgan fingerprint density at radius 3 is 2.57 bits per heavy atom. The first kappa shape index (κ1) is 18.2. The second-order valence-corrected chi connectivity index (χ2v) is 7.32. The molecular weight excluding hydrogens is 266 g/mol. The quantitative estimate of drug-likeness (QED) is 0.788. The first-order chi connectivity index (χ1) is 9.78. The van der Waals surface area contributed by atoms with Gasteiger partial charge in [0.15, 0.2) is 0 Å². The summed E-state index contributed by atoms with van der Waals surface area (Å²) in [6.45, 7) is 12.9. The molecule has 1 rings (SSSR count). The van der Waals surface area contributed by atoms with Crippen molar-refractivity contribution >= 4 is 6.09 Å². The molecule has 124 valence electrons. The van der Waals surface area contributed by atoms with Gasteiger partial charge in [-0.3, -0.25) is 0 Å². The number of ether oxygens (including phenoxy) is 1. The van der Waals surface area contributed by atoms with E-state index in [-0.39, 0.29) is 6.09 Å². The zero-order chi connectivity index (χ0) is 15.9. The number of piperidine rings is 1. The highest BCUT2D eigenvalue weighted by Gasteiger charge is 2.20. The molecule has 2 N–H and O–H groups in total. The molecular formula is C16H33N3O2. The number of rotatable bonds is 6. The fourth-order valence-corrected chi connectivity index (χ4v) is 2.57. The molecule has 1 fully saturated rings. The van der Waals surface area contributed by atoms with Crippen LogP contribution in [0.2, 0.25) is 0 Å². The average Bonchev–Trinajstić information content (AvgIpc) is 2.37. The normalized spacial score (nSPS) is 18.3. The van der Waals surface area contributed by atoms with Crippen molar-refractivity contribution in [1.29, 1.82) is 0 Å². The van der Waals surface area contributed by atoms with Gasteiger partial charge in [0.2, 0.25) is 0 Å². The lowest BCUT2D eigenvalue weighted by molar-refractivity contribution is 0.0276. The van der Waals surface area contributed by atoms with Crippen molar-refractivity contribution in [2.24, 2.45) is 11.8 Å². The van der Waals surface area contributed by atoms with E-state index in [0.717, 1.165) is 32.1 Å². The van der Waals surface area contributed by atoms with Crippen LogP contribution in [0.15, 0.2) is 0 Å². The first-order valence-electron chi connectivity index (χ1n) is 8.13. The lowest BCUT2D eigenvalue weighted by atomic mass is 9.98. The van der Waals surface area contributed by atoms with Crippen molar-refractivity contribution in [3.05, 3.63) is 0 Å². The van der Waals surface area contributed by atoms with Gasteiger partial charge in [0.1, 0.15) is 5.60 Å². The summed E-state index contributed by atoms with van der Waals surface area (Å²) in [5.41, 5.74) is -0.429. The van der Waals surface area contributed by atoms with Gasteiger partial charge in [-0.15, -0.1) is 0 Å². The molecule has 1 amide bonds. The topological polar surface area (TPSA) is 53.6 Å². The van der Waals surface area contributed by atoms with Crippen LogP contribution in [-0.2, 0) is 4.74 Å². The van der Waals surface area contributed by atoms with Gasteiger partial charge < -0.3 is 20.3 Å². The Bertz CT molecular complexity index is 309. The van der Waals surface area contributed by atoms with Crippen LogP contribution in [0.4, 0.5) is 4.79 Å². The molecule has 21 heavy (non-hydrogen) atoms. The van der Waals surface area contributed by atoms with Crippen LogP contribution in [0.3, 0.4) is 0 Å².